The molecule has 1 spiro atoms. The average molecular weight is 690 g/mol. The van der Waals surface area contributed by atoms with Crippen molar-refractivity contribution in [2.75, 3.05) is 33.4 Å². The first-order valence-corrected chi connectivity index (χ1v) is 17.7. The first kappa shape index (κ1) is 33.1. The molecule has 264 valence electrons. The molecule has 3 fully saturated rings. The second-order valence-electron chi connectivity index (χ2n) is 14.0. The first-order chi connectivity index (χ1) is 24.8. The molecule has 3 saturated heterocycles. The van der Waals surface area contributed by atoms with Crippen molar-refractivity contribution in [1.29, 1.82) is 0 Å². The minimum Gasteiger partial charge on any atom is -0.453 e. The number of benzene rings is 3. The highest BCUT2D eigenvalue weighted by atomic mass is 16.7. The van der Waals surface area contributed by atoms with Crippen LogP contribution in [-0.2, 0) is 19.0 Å². The lowest BCUT2D eigenvalue weighted by Gasteiger charge is -2.30. The molecule has 0 aliphatic carbocycles. The number of nitrogens with zero attached hydrogens (tertiary/aromatic N) is 3. The number of nitrogens with one attached hydrogen (secondary N) is 4. The topological polar surface area (TPSA) is 146 Å². The van der Waals surface area contributed by atoms with Gasteiger partial charge in [-0.05, 0) is 64.9 Å². The van der Waals surface area contributed by atoms with Crippen LogP contribution in [0.15, 0.2) is 73.1 Å². The lowest BCUT2D eigenvalue weighted by atomic mass is 9.98. The van der Waals surface area contributed by atoms with Gasteiger partial charge in [0.2, 0.25) is 5.91 Å². The number of methoxy groups -OCH3 is 1. The standard InChI is InChI=1S/C39H43N7O5/c1-23(2)34(45-38(48)49-3)37(47)46-22-39(50-15-16-51-39)19-33(46)36-42-21-32(44-36)29-13-12-27-17-26(10-11-28(27)18-29)24-6-8-25(9-7-24)31-20-41-35(43-31)30-5-4-14-40-30/h6-13,17-18,20-21,23,30,33-34,40H,4-5,14-16,19,22H2,1-3H3,(H,41,43)(H,42,44)(H,45,48)/t30-,33-,34?/m0/s1. The Morgan fingerprint density at radius 2 is 1.51 bits per heavy atom. The zero-order chi connectivity index (χ0) is 35.1. The van der Waals surface area contributed by atoms with Gasteiger partial charge >= 0.3 is 6.09 Å². The Balaban J connectivity index is 1.01. The second kappa shape index (κ2) is 13.6. The monoisotopic (exact) mass is 689 g/mol. The molecule has 2 amide bonds. The number of alkyl carbamates (subject to hydrolysis) is 1. The fourth-order valence-electron chi connectivity index (χ4n) is 7.57. The minimum absolute atomic E-state index is 0.168. The number of fused-ring (bicyclic) bond motifs is 1. The minimum atomic E-state index is -0.906. The average Bonchev–Trinajstić information content (AvgIpc) is 4.00. The van der Waals surface area contributed by atoms with Crippen molar-refractivity contribution in [1.82, 2.24) is 35.5 Å². The number of H-pyrrole nitrogens is 2. The molecule has 3 atom stereocenters. The predicted molar refractivity (Wildman–Crippen MR) is 192 cm³/mol. The van der Waals surface area contributed by atoms with E-state index < -0.39 is 24.0 Å². The summed E-state index contributed by atoms with van der Waals surface area (Å²) in [6, 6.07) is 20.6. The molecule has 12 nitrogen and oxygen atoms in total. The molecule has 5 heterocycles. The summed E-state index contributed by atoms with van der Waals surface area (Å²) in [7, 11) is 1.28. The third-order valence-corrected chi connectivity index (χ3v) is 10.4. The lowest BCUT2D eigenvalue weighted by molar-refractivity contribution is -0.153. The van der Waals surface area contributed by atoms with Gasteiger partial charge in [0.25, 0.3) is 0 Å². The van der Waals surface area contributed by atoms with Gasteiger partial charge in [-0.25, -0.2) is 14.8 Å². The zero-order valence-corrected chi connectivity index (χ0v) is 29.1. The number of hydrogen-bond donors (Lipinski definition) is 4. The van der Waals surface area contributed by atoms with Crippen molar-refractivity contribution in [2.24, 2.45) is 5.92 Å². The van der Waals surface area contributed by atoms with Crippen molar-refractivity contribution in [2.45, 2.75) is 57.0 Å². The highest BCUT2D eigenvalue weighted by Gasteiger charge is 2.52. The van der Waals surface area contributed by atoms with Gasteiger partial charge in [-0.15, -0.1) is 0 Å². The Morgan fingerprint density at radius 1 is 0.882 bits per heavy atom. The number of rotatable bonds is 8. The van der Waals surface area contributed by atoms with Gasteiger partial charge in [0, 0.05) is 12.0 Å². The molecule has 8 rings (SSSR count). The summed E-state index contributed by atoms with van der Waals surface area (Å²) < 4.78 is 16.9. The summed E-state index contributed by atoms with van der Waals surface area (Å²) in [5, 5.41) is 8.44. The number of likely N-dealkylation sites (tertiary alicyclic amines) is 1. The van der Waals surface area contributed by atoms with Crippen LogP contribution >= 0.6 is 0 Å². The van der Waals surface area contributed by atoms with E-state index in [2.05, 4.69) is 86.2 Å². The third kappa shape index (κ3) is 6.50. The van der Waals surface area contributed by atoms with Crippen LogP contribution in [0.25, 0.3) is 44.4 Å². The van der Waals surface area contributed by atoms with Crippen molar-refractivity contribution in [3.8, 4) is 33.6 Å². The van der Waals surface area contributed by atoms with Crippen LogP contribution in [0.5, 0.6) is 0 Å². The Labute approximate surface area is 296 Å². The molecule has 3 aliphatic heterocycles. The summed E-state index contributed by atoms with van der Waals surface area (Å²) in [5.41, 5.74) is 6.25. The SMILES string of the molecule is COC(=O)NC(C(=O)N1CC2(C[C@H]1c1ncc(-c3ccc4cc(-c5ccc(-c6cnc([C@@H]7CCCN7)[nH]6)cc5)ccc4c3)[nH]1)OCCO2)C(C)C. The molecule has 3 aliphatic rings. The number of hydrogen-bond acceptors (Lipinski definition) is 8. The Bertz CT molecular complexity index is 2040. The molecule has 12 heteroatoms. The summed E-state index contributed by atoms with van der Waals surface area (Å²) in [6.45, 7) is 5.97. The van der Waals surface area contributed by atoms with E-state index in [0.29, 0.717) is 31.5 Å². The van der Waals surface area contributed by atoms with Gasteiger partial charge in [0.05, 0.1) is 62.7 Å². The molecule has 0 bridgehead atoms. The van der Waals surface area contributed by atoms with E-state index >= 15 is 0 Å². The third-order valence-electron chi connectivity index (χ3n) is 10.4. The molecule has 1 unspecified atom stereocenters. The molecular formula is C39H43N7O5. The summed E-state index contributed by atoms with van der Waals surface area (Å²) in [4.78, 5) is 44.1. The van der Waals surface area contributed by atoms with E-state index in [9.17, 15) is 9.59 Å². The van der Waals surface area contributed by atoms with Crippen LogP contribution in [0.4, 0.5) is 4.79 Å². The molecule has 0 radical (unpaired) electrons. The number of carbonyl (C=O) groups excluding carboxylic acids is 2. The van der Waals surface area contributed by atoms with Crippen LogP contribution in [-0.4, -0.2) is 82.1 Å². The van der Waals surface area contributed by atoms with Gasteiger partial charge in [-0.2, -0.15) is 0 Å². The fraction of sp³-hybridized carbons (Fsp3) is 0.385. The summed E-state index contributed by atoms with van der Waals surface area (Å²) in [5.74, 6) is 0.330. The van der Waals surface area contributed by atoms with Crippen LogP contribution < -0.4 is 10.6 Å². The van der Waals surface area contributed by atoms with Crippen molar-refractivity contribution in [3.05, 3.63) is 84.7 Å². The molecule has 5 aromatic rings. The summed E-state index contributed by atoms with van der Waals surface area (Å²) in [6.07, 6.45) is 5.79. The highest BCUT2D eigenvalue weighted by molar-refractivity contribution is 5.91. The number of aromatic nitrogens is 4. The predicted octanol–water partition coefficient (Wildman–Crippen LogP) is 6.11. The summed E-state index contributed by atoms with van der Waals surface area (Å²) >= 11 is 0. The van der Waals surface area contributed by atoms with Crippen LogP contribution in [0.3, 0.4) is 0 Å². The maximum absolute atomic E-state index is 13.9. The van der Waals surface area contributed by atoms with Gasteiger partial charge in [-0.3, -0.25) is 4.79 Å². The molecule has 4 N–H and O–H groups in total. The molecule has 2 aromatic heterocycles. The van der Waals surface area contributed by atoms with E-state index in [1.165, 1.54) is 13.5 Å². The number of carbonyl (C=O) groups is 2. The number of aromatic amines is 2. The largest absolute Gasteiger partial charge is 0.453 e. The van der Waals surface area contributed by atoms with E-state index in [1.807, 2.05) is 20.0 Å². The Hall–Kier alpha value is -5.04. The Morgan fingerprint density at radius 3 is 2.20 bits per heavy atom. The second-order valence-corrected chi connectivity index (χ2v) is 14.0. The molecule has 0 saturated carbocycles. The quantitative estimate of drug-likeness (QED) is 0.153. The van der Waals surface area contributed by atoms with Crippen molar-refractivity contribution < 1.29 is 23.8 Å². The van der Waals surface area contributed by atoms with E-state index in [-0.39, 0.29) is 18.4 Å². The van der Waals surface area contributed by atoms with Gasteiger partial charge in [-0.1, -0.05) is 62.4 Å². The maximum Gasteiger partial charge on any atom is 0.407 e. The molecular weight excluding hydrogens is 646 g/mol. The maximum atomic E-state index is 13.9. The van der Waals surface area contributed by atoms with Crippen molar-refractivity contribution >= 4 is 22.8 Å². The van der Waals surface area contributed by atoms with Crippen molar-refractivity contribution in [3.63, 3.8) is 0 Å². The number of amides is 2. The van der Waals surface area contributed by atoms with Gasteiger partial charge in [0.15, 0.2) is 5.79 Å². The molecule has 51 heavy (non-hydrogen) atoms. The fourth-order valence-corrected chi connectivity index (χ4v) is 7.57. The van der Waals surface area contributed by atoms with Crippen LogP contribution in [0.1, 0.15) is 56.8 Å². The van der Waals surface area contributed by atoms with Crippen LogP contribution in [0, 0.1) is 5.92 Å². The first-order valence-electron chi connectivity index (χ1n) is 17.7. The zero-order valence-electron chi connectivity index (χ0n) is 29.1. The molecule has 3 aromatic carbocycles. The number of imidazole rings is 2. The van der Waals surface area contributed by atoms with E-state index in [1.54, 1.807) is 11.1 Å². The van der Waals surface area contributed by atoms with Gasteiger partial charge < -0.3 is 39.7 Å². The Kier molecular flexibility index (Phi) is 8.83. The van der Waals surface area contributed by atoms with Gasteiger partial charge in [0.1, 0.15) is 17.7 Å². The number of ether oxygens (including phenoxy) is 3. The normalized spacial score (nSPS) is 20.4. The van der Waals surface area contributed by atoms with Crippen LogP contribution in [0.2, 0.25) is 0 Å². The van der Waals surface area contributed by atoms with E-state index in [4.69, 9.17) is 19.2 Å². The van der Waals surface area contributed by atoms with E-state index in [0.717, 1.165) is 63.2 Å². The highest BCUT2D eigenvalue weighted by Crippen LogP contribution is 2.43. The lowest BCUT2D eigenvalue weighted by Crippen LogP contribution is -2.52. The smallest absolute Gasteiger partial charge is 0.407 e.